The van der Waals surface area contributed by atoms with E-state index in [9.17, 15) is 9.59 Å². The predicted molar refractivity (Wildman–Crippen MR) is 126 cm³/mol. The van der Waals surface area contributed by atoms with Crippen molar-refractivity contribution in [1.29, 1.82) is 0 Å². The summed E-state index contributed by atoms with van der Waals surface area (Å²) in [5.41, 5.74) is 1.15. The van der Waals surface area contributed by atoms with Crippen molar-refractivity contribution in [3.8, 4) is 5.75 Å². The fourth-order valence-electron chi connectivity index (χ4n) is 3.87. The molecule has 0 saturated carbocycles. The van der Waals surface area contributed by atoms with Crippen LogP contribution in [0.4, 0.5) is 0 Å². The summed E-state index contributed by atoms with van der Waals surface area (Å²) in [5.74, 6) is 1.02. The first-order valence-electron chi connectivity index (χ1n) is 10.9. The highest BCUT2D eigenvalue weighted by atomic mass is 35.5. The molecule has 0 unspecified atom stereocenters. The van der Waals surface area contributed by atoms with Crippen molar-refractivity contribution in [3.63, 3.8) is 0 Å². The maximum Gasteiger partial charge on any atom is 0.242 e. The molecule has 1 atom stereocenters. The van der Waals surface area contributed by atoms with Gasteiger partial charge >= 0.3 is 0 Å². The van der Waals surface area contributed by atoms with Gasteiger partial charge in [-0.3, -0.25) is 9.59 Å². The number of ether oxygens (including phenoxy) is 1. The Morgan fingerprint density at radius 1 is 1.26 bits per heavy atom. The zero-order chi connectivity index (χ0) is 22.4. The van der Waals surface area contributed by atoms with Crippen LogP contribution in [0.3, 0.4) is 0 Å². The first kappa shape index (κ1) is 23.6. The van der Waals surface area contributed by atoms with Gasteiger partial charge in [0.1, 0.15) is 12.4 Å². The van der Waals surface area contributed by atoms with E-state index < -0.39 is 0 Å². The van der Waals surface area contributed by atoms with Gasteiger partial charge in [0.25, 0.3) is 0 Å². The monoisotopic (exact) mass is 462 g/mol. The number of nitrogens with zero attached hydrogens (tertiary/aromatic N) is 2. The second-order valence-electron chi connectivity index (χ2n) is 8.33. The Morgan fingerprint density at radius 2 is 2.00 bits per heavy atom. The van der Waals surface area contributed by atoms with E-state index in [0.29, 0.717) is 31.1 Å². The van der Waals surface area contributed by atoms with E-state index in [-0.39, 0.29) is 30.3 Å². The number of benzene rings is 1. The first-order chi connectivity index (χ1) is 14.9. The van der Waals surface area contributed by atoms with Gasteiger partial charge in [-0.05, 0) is 60.0 Å². The summed E-state index contributed by atoms with van der Waals surface area (Å²) in [4.78, 5) is 30.9. The molecule has 0 bridgehead atoms. The van der Waals surface area contributed by atoms with Crippen molar-refractivity contribution in [3.05, 3.63) is 51.2 Å². The lowest BCUT2D eigenvalue weighted by atomic mass is 10.00. The summed E-state index contributed by atoms with van der Waals surface area (Å²) in [6.07, 6.45) is 2.13. The highest BCUT2D eigenvalue weighted by Gasteiger charge is 2.33. The van der Waals surface area contributed by atoms with Crippen LogP contribution in [0.25, 0.3) is 0 Å². The molecule has 2 heterocycles. The van der Waals surface area contributed by atoms with E-state index >= 15 is 0 Å². The van der Waals surface area contributed by atoms with E-state index in [2.05, 4.69) is 11.4 Å². The number of carbonyl (C=O) groups excluding carboxylic acids is 2. The highest BCUT2D eigenvalue weighted by molar-refractivity contribution is 7.10. The molecule has 0 radical (unpaired) electrons. The van der Waals surface area contributed by atoms with Crippen molar-refractivity contribution < 1.29 is 14.3 Å². The molecular weight excluding hydrogens is 432 g/mol. The van der Waals surface area contributed by atoms with Crippen molar-refractivity contribution in [2.75, 3.05) is 26.2 Å². The first-order valence-corrected chi connectivity index (χ1v) is 12.2. The predicted octanol–water partition coefficient (Wildman–Crippen LogP) is 5.19. The molecule has 2 aromatic rings. The Morgan fingerprint density at radius 3 is 2.68 bits per heavy atom. The Bertz CT molecular complexity index is 881. The molecule has 31 heavy (non-hydrogen) atoms. The molecule has 168 valence electrons. The number of amides is 2. The summed E-state index contributed by atoms with van der Waals surface area (Å²) in [6.45, 7) is 7.80. The molecule has 0 saturated heterocycles. The number of carbonyl (C=O) groups is 2. The van der Waals surface area contributed by atoms with Crippen LogP contribution < -0.4 is 4.74 Å². The SMILES string of the molecule is CCCN(CC(=O)N1CCc2sccc2[C@@H]1COc1ccc(Cl)cc1)C(=O)CC(C)C. The molecule has 0 fully saturated rings. The average Bonchev–Trinajstić information content (AvgIpc) is 3.21. The summed E-state index contributed by atoms with van der Waals surface area (Å²) in [7, 11) is 0. The zero-order valence-electron chi connectivity index (χ0n) is 18.5. The Kier molecular flexibility index (Phi) is 8.38. The molecular formula is C24H31ClN2O3S. The Hall–Kier alpha value is -2.05. The Labute approximate surface area is 193 Å². The lowest BCUT2D eigenvalue weighted by Crippen LogP contribution is -2.48. The minimum atomic E-state index is -0.165. The fourth-order valence-corrected chi connectivity index (χ4v) is 4.93. The van der Waals surface area contributed by atoms with Crippen molar-refractivity contribution >= 4 is 34.8 Å². The second kappa shape index (κ2) is 11.0. The normalized spacial score (nSPS) is 15.6. The molecule has 1 aliphatic rings. The van der Waals surface area contributed by atoms with Gasteiger partial charge in [0, 0.05) is 29.4 Å². The van der Waals surface area contributed by atoms with Crippen LogP contribution in [0.15, 0.2) is 35.7 Å². The lowest BCUT2D eigenvalue weighted by Gasteiger charge is -2.37. The second-order valence-corrected chi connectivity index (χ2v) is 9.77. The van der Waals surface area contributed by atoms with Gasteiger partial charge in [0.05, 0.1) is 12.6 Å². The van der Waals surface area contributed by atoms with Gasteiger partial charge in [0.2, 0.25) is 11.8 Å². The molecule has 7 heteroatoms. The third kappa shape index (κ3) is 6.23. The lowest BCUT2D eigenvalue weighted by molar-refractivity contribution is -0.143. The molecule has 1 aromatic heterocycles. The average molecular weight is 463 g/mol. The topological polar surface area (TPSA) is 49.9 Å². The molecule has 2 amide bonds. The van der Waals surface area contributed by atoms with Gasteiger partial charge in [-0.2, -0.15) is 0 Å². The number of hydrogen-bond acceptors (Lipinski definition) is 4. The largest absolute Gasteiger partial charge is 0.491 e. The highest BCUT2D eigenvalue weighted by Crippen LogP contribution is 2.34. The number of thiophene rings is 1. The number of rotatable bonds is 9. The molecule has 3 rings (SSSR count). The minimum Gasteiger partial charge on any atom is -0.491 e. The van der Waals surface area contributed by atoms with Crippen LogP contribution in [0.5, 0.6) is 5.75 Å². The number of fused-ring (bicyclic) bond motifs is 1. The summed E-state index contributed by atoms with van der Waals surface area (Å²) >= 11 is 7.69. The van der Waals surface area contributed by atoms with Gasteiger partial charge in [-0.25, -0.2) is 0 Å². The van der Waals surface area contributed by atoms with Crippen LogP contribution in [0, 0.1) is 5.92 Å². The van der Waals surface area contributed by atoms with E-state index in [1.165, 1.54) is 4.88 Å². The molecule has 1 aromatic carbocycles. The number of halogens is 1. The van der Waals surface area contributed by atoms with Gasteiger partial charge < -0.3 is 14.5 Å². The Balaban J connectivity index is 1.74. The molecule has 5 nitrogen and oxygen atoms in total. The summed E-state index contributed by atoms with van der Waals surface area (Å²) in [6, 6.07) is 9.17. The van der Waals surface area contributed by atoms with E-state index in [4.69, 9.17) is 16.3 Å². The van der Waals surface area contributed by atoms with Crippen LogP contribution in [-0.4, -0.2) is 47.9 Å². The zero-order valence-corrected chi connectivity index (χ0v) is 20.0. The summed E-state index contributed by atoms with van der Waals surface area (Å²) < 4.78 is 6.03. The third-order valence-corrected chi connectivity index (χ3v) is 6.64. The molecule has 1 aliphatic heterocycles. The fraction of sp³-hybridized carbons (Fsp3) is 0.500. The maximum absolute atomic E-state index is 13.3. The van der Waals surface area contributed by atoms with Gasteiger partial charge in [-0.1, -0.05) is 32.4 Å². The van der Waals surface area contributed by atoms with Crippen molar-refractivity contribution in [2.45, 2.75) is 46.1 Å². The van der Waals surface area contributed by atoms with Crippen LogP contribution in [0.2, 0.25) is 5.02 Å². The standard InChI is InChI=1S/C24H31ClN2O3S/c1-4-11-26(23(28)14-17(2)3)15-24(29)27-12-9-22-20(10-13-31-22)21(27)16-30-19-7-5-18(25)6-8-19/h5-8,10,13,17,21H,4,9,11-12,14-16H2,1-3H3/t21-/m0/s1. The smallest absolute Gasteiger partial charge is 0.242 e. The van der Waals surface area contributed by atoms with E-state index in [1.807, 2.05) is 37.8 Å². The van der Waals surface area contributed by atoms with Crippen molar-refractivity contribution in [2.24, 2.45) is 5.92 Å². The van der Waals surface area contributed by atoms with E-state index in [1.54, 1.807) is 28.4 Å². The molecule has 0 N–H and O–H groups in total. The quantitative estimate of drug-likeness (QED) is 0.515. The minimum absolute atomic E-state index is 0.0212. The van der Waals surface area contributed by atoms with E-state index in [0.717, 1.165) is 24.2 Å². The van der Waals surface area contributed by atoms with Gasteiger partial charge in [0.15, 0.2) is 0 Å². The van der Waals surface area contributed by atoms with Gasteiger partial charge in [-0.15, -0.1) is 11.3 Å². The number of hydrogen-bond donors (Lipinski definition) is 0. The van der Waals surface area contributed by atoms with Crippen LogP contribution in [0.1, 0.15) is 50.1 Å². The van der Waals surface area contributed by atoms with Crippen molar-refractivity contribution in [1.82, 2.24) is 9.80 Å². The maximum atomic E-state index is 13.3. The molecule has 0 aliphatic carbocycles. The van der Waals surface area contributed by atoms with Crippen LogP contribution in [-0.2, 0) is 16.0 Å². The summed E-state index contributed by atoms with van der Waals surface area (Å²) in [5, 5.41) is 2.73. The third-order valence-electron chi connectivity index (χ3n) is 5.39. The van der Waals surface area contributed by atoms with Crippen LogP contribution >= 0.6 is 22.9 Å². The molecule has 0 spiro atoms.